The van der Waals surface area contributed by atoms with Crippen LogP contribution in [0.5, 0.6) is 11.5 Å². The summed E-state index contributed by atoms with van der Waals surface area (Å²) < 4.78 is 5.40. The SMILES string of the molecule is COc1cccc([C@@](C)(c2ccc(O)cc2)c2ccc(C)[nH]2)c1. The minimum absolute atomic E-state index is 0.268. The monoisotopic (exact) mass is 307 g/mol. The lowest BCUT2D eigenvalue weighted by molar-refractivity contribution is 0.413. The van der Waals surface area contributed by atoms with Crippen LogP contribution in [0.25, 0.3) is 0 Å². The van der Waals surface area contributed by atoms with Crippen molar-refractivity contribution in [1.29, 1.82) is 0 Å². The molecule has 3 nitrogen and oxygen atoms in total. The lowest BCUT2D eigenvalue weighted by Gasteiger charge is -2.30. The van der Waals surface area contributed by atoms with Crippen LogP contribution in [0, 0.1) is 6.92 Å². The third-order valence-corrected chi connectivity index (χ3v) is 4.46. The van der Waals surface area contributed by atoms with Gasteiger partial charge in [0.15, 0.2) is 0 Å². The fourth-order valence-corrected chi connectivity index (χ4v) is 3.00. The third kappa shape index (κ3) is 2.70. The summed E-state index contributed by atoms with van der Waals surface area (Å²) in [6.45, 7) is 4.23. The van der Waals surface area contributed by atoms with E-state index in [1.807, 2.05) is 31.2 Å². The number of ether oxygens (including phenoxy) is 1. The second-order valence-electron chi connectivity index (χ2n) is 5.96. The number of methoxy groups -OCH3 is 1. The van der Waals surface area contributed by atoms with Crippen molar-refractivity contribution in [2.75, 3.05) is 7.11 Å². The number of nitrogens with one attached hydrogen (secondary N) is 1. The van der Waals surface area contributed by atoms with E-state index in [9.17, 15) is 5.11 Å². The van der Waals surface area contributed by atoms with Crippen molar-refractivity contribution in [1.82, 2.24) is 4.98 Å². The van der Waals surface area contributed by atoms with Gasteiger partial charge in [-0.25, -0.2) is 0 Å². The number of hydrogen-bond acceptors (Lipinski definition) is 2. The molecule has 0 unspecified atom stereocenters. The molecule has 3 rings (SSSR count). The average molecular weight is 307 g/mol. The number of rotatable bonds is 4. The van der Waals surface area contributed by atoms with Crippen molar-refractivity contribution in [3.63, 3.8) is 0 Å². The molecule has 118 valence electrons. The summed E-state index contributed by atoms with van der Waals surface area (Å²) in [6, 6.07) is 19.7. The fraction of sp³-hybridized carbons (Fsp3) is 0.200. The Morgan fingerprint density at radius 3 is 2.30 bits per heavy atom. The largest absolute Gasteiger partial charge is 0.508 e. The highest BCUT2D eigenvalue weighted by Crippen LogP contribution is 2.39. The smallest absolute Gasteiger partial charge is 0.119 e. The molecule has 0 fully saturated rings. The summed E-state index contributed by atoms with van der Waals surface area (Å²) in [4.78, 5) is 3.46. The van der Waals surface area contributed by atoms with Gasteiger partial charge in [-0.3, -0.25) is 0 Å². The zero-order valence-electron chi connectivity index (χ0n) is 13.6. The normalized spacial score (nSPS) is 13.5. The van der Waals surface area contributed by atoms with Gasteiger partial charge in [0, 0.05) is 11.4 Å². The van der Waals surface area contributed by atoms with Crippen molar-refractivity contribution < 1.29 is 9.84 Å². The van der Waals surface area contributed by atoms with Gasteiger partial charge < -0.3 is 14.8 Å². The Labute approximate surface area is 136 Å². The van der Waals surface area contributed by atoms with Crippen molar-refractivity contribution in [3.8, 4) is 11.5 Å². The van der Waals surface area contributed by atoms with Crippen LogP contribution in [-0.2, 0) is 5.41 Å². The first-order valence-electron chi connectivity index (χ1n) is 7.64. The molecule has 0 saturated heterocycles. The molecule has 0 saturated carbocycles. The minimum Gasteiger partial charge on any atom is -0.508 e. The van der Waals surface area contributed by atoms with Crippen LogP contribution in [0.2, 0.25) is 0 Å². The van der Waals surface area contributed by atoms with E-state index in [0.717, 1.165) is 28.3 Å². The standard InChI is InChI=1S/C20H21NO2/c1-14-7-12-19(21-14)20(2,15-8-10-17(22)11-9-15)16-5-4-6-18(13-16)23-3/h4-13,21-22H,1-3H3/t20-/m1/s1. The van der Waals surface area contributed by atoms with E-state index in [1.54, 1.807) is 19.2 Å². The lowest BCUT2D eigenvalue weighted by Crippen LogP contribution is -2.25. The highest BCUT2D eigenvalue weighted by molar-refractivity contribution is 5.50. The van der Waals surface area contributed by atoms with E-state index >= 15 is 0 Å². The number of aromatic nitrogens is 1. The maximum atomic E-state index is 9.62. The topological polar surface area (TPSA) is 45.2 Å². The Kier molecular flexibility index (Phi) is 3.87. The zero-order valence-corrected chi connectivity index (χ0v) is 13.6. The van der Waals surface area contributed by atoms with Crippen LogP contribution in [0.1, 0.15) is 29.4 Å². The number of aromatic hydroxyl groups is 1. The molecule has 0 spiro atoms. The van der Waals surface area contributed by atoms with Gasteiger partial charge in [-0.2, -0.15) is 0 Å². The molecule has 0 bridgehead atoms. The van der Waals surface area contributed by atoms with Crippen molar-refractivity contribution >= 4 is 0 Å². The number of phenolic OH excluding ortho intramolecular Hbond substituents is 1. The molecule has 3 aromatic rings. The number of phenols is 1. The number of aryl methyl sites for hydroxylation is 1. The molecule has 2 aromatic carbocycles. The Hall–Kier alpha value is -2.68. The summed E-state index contributed by atoms with van der Waals surface area (Å²) in [7, 11) is 1.68. The molecule has 0 aliphatic rings. The molecule has 3 heteroatoms. The summed E-state index contributed by atoms with van der Waals surface area (Å²) in [5, 5.41) is 9.62. The van der Waals surface area contributed by atoms with Gasteiger partial charge in [0.05, 0.1) is 12.5 Å². The minimum atomic E-state index is -0.365. The van der Waals surface area contributed by atoms with E-state index in [1.165, 1.54) is 0 Å². The van der Waals surface area contributed by atoms with Crippen LogP contribution in [0.15, 0.2) is 60.7 Å². The first-order chi connectivity index (χ1) is 11.0. The van der Waals surface area contributed by atoms with Crippen molar-refractivity contribution in [2.45, 2.75) is 19.3 Å². The molecular formula is C20H21NO2. The first-order valence-corrected chi connectivity index (χ1v) is 7.64. The van der Waals surface area contributed by atoms with Crippen LogP contribution in [0.4, 0.5) is 0 Å². The summed E-state index contributed by atoms with van der Waals surface area (Å²) >= 11 is 0. The van der Waals surface area contributed by atoms with E-state index in [-0.39, 0.29) is 11.2 Å². The quantitative estimate of drug-likeness (QED) is 0.751. The molecule has 0 radical (unpaired) electrons. The Bertz CT molecular complexity index is 805. The van der Waals surface area contributed by atoms with E-state index < -0.39 is 0 Å². The van der Waals surface area contributed by atoms with Crippen LogP contribution < -0.4 is 4.74 Å². The molecule has 1 atom stereocenters. The molecule has 23 heavy (non-hydrogen) atoms. The Balaban J connectivity index is 2.22. The van der Waals surface area contributed by atoms with Gasteiger partial charge in [0.2, 0.25) is 0 Å². The van der Waals surface area contributed by atoms with Gasteiger partial charge in [0.1, 0.15) is 11.5 Å². The number of hydrogen-bond donors (Lipinski definition) is 2. The van der Waals surface area contributed by atoms with Crippen molar-refractivity contribution in [3.05, 3.63) is 83.2 Å². The van der Waals surface area contributed by atoms with E-state index in [0.29, 0.717) is 0 Å². The van der Waals surface area contributed by atoms with Crippen LogP contribution in [-0.4, -0.2) is 17.2 Å². The highest BCUT2D eigenvalue weighted by Gasteiger charge is 2.32. The third-order valence-electron chi connectivity index (χ3n) is 4.46. The molecule has 0 aliphatic carbocycles. The maximum Gasteiger partial charge on any atom is 0.119 e. The Morgan fingerprint density at radius 1 is 0.957 bits per heavy atom. The average Bonchev–Trinajstić information content (AvgIpc) is 3.02. The van der Waals surface area contributed by atoms with E-state index in [2.05, 4.69) is 36.2 Å². The van der Waals surface area contributed by atoms with Gasteiger partial charge in [-0.05, 0) is 61.4 Å². The van der Waals surface area contributed by atoms with Gasteiger partial charge in [-0.15, -0.1) is 0 Å². The molecule has 0 amide bonds. The first kappa shape index (κ1) is 15.2. The van der Waals surface area contributed by atoms with Gasteiger partial charge in [0.25, 0.3) is 0 Å². The predicted molar refractivity (Wildman–Crippen MR) is 92.2 cm³/mol. The molecule has 1 aromatic heterocycles. The van der Waals surface area contributed by atoms with Crippen molar-refractivity contribution in [2.24, 2.45) is 0 Å². The number of benzene rings is 2. The lowest BCUT2D eigenvalue weighted by atomic mass is 9.73. The predicted octanol–water partition coefficient (Wildman–Crippen LogP) is 4.39. The fourth-order valence-electron chi connectivity index (χ4n) is 3.00. The summed E-state index contributed by atoms with van der Waals surface area (Å²) in [5.41, 5.74) is 4.09. The summed E-state index contributed by atoms with van der Waals surface area (Å²) in [5.74, 6) is 1.10. The van der Waals surface area contributed by atoms with Crippen LogP contribution in [0.3, 0.4) is 0 Å². The second kappa shape index (κ2) is 5.84. The van der Waals surface area contributed by atoms with Crippen LogP contribution >= 0.6 is 0 Å². The number of H-pyrrole nitrogens is 1. The molecule has 0 aliphatic heterocycles. The van der Waals surface area contributed by atoms with Gasteiger partial charge in [-0.1, -0.05) is 24.3 Å². The summed E-state index contributed by atoms with van der Waals surface area (Å²) in [6.07, 6.45) is 0. The molecule has 1 heterocycles. The molecular weight excluding hydrogens is 286 g/mol. The van der Waals surface area contributed by atoms with Gasteiger partial charge >= 0.3 is 0 Å². The highest BCUT2D eigenvalue weighted by atomic mass is 16.5. The Morgan fingerprint density at radius 2 is 1.70 bits per heavy atom. The second-order valence-corrected chi connectivity index (χ2v) is 5.96. The molecule has 2 N–H and O–H groups in total. The zero-order chi connectivity index (χ0) is 16.4. The maximum absolute atomic E-state index is 9.62. The number of aromatic amines is 1. The van der Waals surface area contributed by atoms with E-state index in [4.69, 9.17) is 4.74 Å².